The maximum absolute atomic E-state index is 13.4. The SMILES string of the molecule is Cc1noc(C)c1CCC(=O)N1CCC[C@@]2(CCCN(CC(C)C)C2=O)[C@@H]1C.O=CO. The molecule has 0 saturated carbocycles. The van der Waals surface area contributed by atoms with Crippen molar-refractivity contribution in [2.45, 2.75) is 79.2 Å². The summed E-state index contributed by atoms with van der Waals surface area (Å²) in [6.45, 7) is 12.4. The van der Waals surface area contributed by atoms with Crippen LogP contribution in [0, 0.1) is 25.2 Å². The molecule has 1 aromatic rings. The molecule has 0 radical (unpaired) electrons. The van der Waals surface area contributed by atoms with Gasteiger partial charge in [0.1, 0.15) is 5.76 Å². The molecule has 1 N–H and O–H groups in total. The minimum atomic E-state index is -0.399. The van der Waals surface area contributed by atoms with Crippen molar-refractivity contribution >= 4 is 18.3 Å². The minimum absolute atomic E-state index is 0.0409. The number of carbonyl (C=O) groups is 3. The van der Waals surface area contributed by atoms with E-state index >= 15 is 0 Å². The standard InChI is InChI=1S/C22H35N3O3.CH2O2/c1-15(2)14-24-12-6-10-22(21(24)27)11-7-13-25(18(22)5)20(26)9-8-19-16(3)23-28-17(19)4;2-1-3/h15,18H,6-14H2,1-5H3;1H,(H,2,3)/t18-,22-;/m0./s1. The van der Waals surface area contributed by atoms with Crippen LogP contribution in [-0.2, 0) is 20.8 Å². The van der Waals surface area contributed by atoms with Crippen molar-refractivity contribution < 1.29 is 24.0 Å². The van der Waals surface area contributed by atoms with Crippen LogP contribution in [0.1, 0.15) is 69.9 Å². The molecule has 0 unspecified atom stereocenters. The van der Waals surface area contributed by atoms with Gasteiger partial charge in [-0.15, -0.1) is 0 Å². The second-order valence-electron chi connectivity index (χ2n) is 9.18. The van der Waals surface area contributed by atoms with Gasteiger partial charge < -0.3 is 19.4 Å². The first-order valence-corrected chi connectivity index (χ1v) is 11.3. The van der Waals surface area contributed by atoms with E-state index < -0.39 is 5.41 Å². The third kappa shape index (κ3) is 5.46. The van der Waals surface area contributed by atoms with Crippen molar-refractivity contribution in [3.05, 3.63) is 17.0 Å². The van der Waals surface area contributed by atoms with Crippen LogP contribution in [0.2, 0.25) is 0 Å². The number of amides is 2. The lowest BCUT2D eigenvalue weighted by Crippen LogP contribution is -2.62. The molecule has 2 aliphatic heterocycles. The number of hydrogen-bond donors (Lipinski definition) is 1. The topological polar surface area (TPSA) is 104 Å². The van der Waals surface area contributed by atoms with Crippen LogP contribution in [0.25, 0.3) is 0 Å². The predicted molar refractivity (Wildman–Crippen MR) is 116 cm³/mol. The highest BCUT2D eigenvalue weighted by Crippen LogP contribution is 2.44. The molecule has 2 amide bonds. The van der Waals surface area contributed by atoms with Crippen LogP contribution in [0.15, 0.2) is 4.52 Å². The zero-order valence-electron chi connectivity index (χ0n) is 19.5. The number of carboxylic acid groups (broad SMARTS) is 1. The van der Waals surface area contributed by atoms with Gasteiger partial charge in [0.05, 0.1) is 11.1 Å². The maximum atomic E-state index is 13.4. The van der Waals surface area contributed by atoms with E-state index in [9.17, 15) is 9.59 Å². The summed E-state index contributed by atoms with van der Waals surface area (Å²) in [7, 11) is 0. The van der Waals surface area contributed by atoms with E-state index in [0.717, 1.165) is 62.3 Å². The van der Waals surface area contributed by atoms with E-state index in [-0.39, 0.29) is 24.3 Å². The molecular weight excluding hydrogens is 398 g/mol. The number of aryl methyl sites for hydroxylation is 2. The first kappa shape index (κ1) is 24.9. The van der Waals surface area contributed by atoms with Crippen LogP contribution in [-0.4, -0.2) is 64.0 Å². The van der Waals surface area contributed by atoms with E-state index in [2.05, 4.69) is 25.9 Å². The Labute approximate surface area is 184 Å². The fourth-order valence-corrected chi connectivity index (χ4v) is 5.18. The second-order valence-corrected chi connectivity index (χ2v) is 9.18. The summed E-state index contributed by atoms with van der Waals surface area (Å²) in [4.78, 5) is 38.9. The number of likely N-dealkylation sites (tertiary alicyclic amines) is 2. The molecular formula is C23H37N3O5. The number of rotatable bonds is 5. The summed E-state index contributed by atoms with van der Waals surface area (Å²) in [5.41, 5.74) is 1.49. The van der Waals surface area contributed by atoms with Crippen molar-refractivity contribution in [3.63, 3.8) is 0 Å². The van der Waals surface area contributed by atoms with E-state index in [1.165, 1.54) is 0 Å². The Balaban J connectivity index is 0.00000107. The molecule has 2 fully saturated rings. The maximum Gasteiger partial charge on any atom is 0.290 e. The van der Waals surface area contributed by atoms with Gasteiger partial charge in [-0.05, 0) is 58.8 Å². The van der Waals surface area contributed by atoms with Crippen LogP contribution >= 0.6 is 0 Å². The average Bonchev–Trinajstić information content (AvgIpc) is 3.03. The number of carbonyl (C=O) groups excluding carboxylic acids is 2. The zero-order valence-corrected chi connectivity index (χ0v) is 19.5. The van der Waals surface area contributed by atoms with Crippen LogP contribution in [0.4, 0.5) is 0 Å². The van der Waals surface area contributed by atoms with Gasteiger partial charge in [0.15, 0.2) is 0 Å². The van der Waals surface area contributed by atoms with Gasteiger partial charge in [0.2, 0.25) is 11.8 Å². The van der Waals surface area contributed by atoms with E-state index in [1.807, 2.05) is 23.6 Å². The molecule has 8 nitrogen and oxygen atoms in total. The van der Waals surface area contributed by atoms with Crippen molar-refractivity contribution in [1.82, 2.24) is 15.0 Å². The smallest absolute Gasteiger partial charge is 0.290 e. The predicted octanol–water partition coefficient (Wildman–Crippen LogP) is 3.20. The molecule has 0 aliphatic carbocycles. The van der Waals surface area contributed by atoms with E-state index in [1.54, 1.807) is 0 Å². The molecule has 174 valence electrons. The summed E-state index contributed by atoms with van der Waals surface area (Å²) in [5.74, 6) is 1.66. The summed E-state index contributed by atoms with van der Waals surface area (Å²) in [5, 5.41) is 10.9. The lowest BCUT2D eigenvalue weighted by atomic mass is 9.67. The lowest BCUT2D eigenvalue weighted by molar-refractivity contribution is -0.160. The van der Waals surface area contributed by atoms with Gasteiger partial charge in [-0.25, -0.2) is 0 Å². The molecule has 1 aromatic heterocycles. The number of hydrogen-bond acceptors (Lipinski definition) is 5. The molecule has 2 atom stereocenters. The van der Waals surface area contributed by atoms with Gasteiger partial charge in [-0.1, -0.05) is 19.0 Å². The van der Waals surface area contributed by atoms with Crippen molar-refractivity contribution in [3.8, 4) is 0 Å². The van der Waals surface area contributed by atoms with E-state index in [0.29, 0.717) is 18.8 Å². The lowest BCUT2D eigenvalue weighted by Gasteiger charge is -2.52. The van der Waals surface area contributed by atoms with Crippen molar-refractivity contribution in [2.75, 3.05) is 19.6 Å². The first-order chi connectivity index (χ1) is 14.7. The molecule has 8 heteroatoms. The molecule has 0 bridgehead atoms. The Hall–Kier alpha value is -2.38. The Bertz CT molecular complexity index is 752. The molecule has 2 aliphatic rings. The third-order valence-electron chi connectivity index (χ3n) is 6.73. The summed E-state index contributed by atoms with van der Waals surface area (Å²) >= 11 is 0. The summed E-state index contributed by atoms with van der Waals surface area (Å²) in [6, 6.07) is -0.0409. The fraction of sp³-hybridized carbons (Fsp3) is 0.739. The average molecular weight is 436 g/mol. The second kappa shape index (κ2) is 10.8. The molecule has 2 saturated heterocycles. The largest absolute Gasteiger partial charge is 0.483 e. The molecule has 3 rings (SSSR count). The van der Waals surface area contributed by atoms with E-state index in [4.69, 9.17) is 14.4 Å². The quantitative estimate of drug-likeness (QED) is 0.712. The Kier molecular flexibility index (Phi) is 8.65. The molecule has 31 heavy (non-hydrogen) atoms. The molecule has 0 aromatic carbocycles. The zero-order chi connectivity index (χ0) is 23.2. The monoisotopic (exact) mass is 435 g/mol. The molecule has 1 spiro atoms. The normalized spacial score (nSPS) is 23.7. The van der Waals surface area contributed by atoms with Crippen molar-refractivity contribution in [1.29, 1.82) is 0 Å². The first-order valence-electron chi connectivity index (χ1n) is 11.3. The summed E-state index contributed by atoms with van der Waals surface area (Å²) in [6.07, 6.45) is 4.81. The van der Waals surface area contributed by atoms with Crippen molar-refractivity contribution in [2.24, 2.45) is 11.3 Å². The van der Waals surface area contributed by atoms with Crippen LogP contribution in [0.5, 0.6) is 0 Å². The third-order valence-corrected chi connectivity index (χ3v) is 6.73. The van der Waals surface area contributed by atoms with Gasteiger partial charge in [0.25, 0.3) is 6.47 Å². The highest BCUT2D eigenvalue weighted by atomic mass is 16.5. The Morgan fingerprint density at radius 1 is 1.29 bits per heavy atom. The van der Waals surface area contributed by atoms with Gasteiger partial charge >= 0.3 is 0 Å². The number of nitrogens with zero attached hydrogens (tertiary/aromatic N) is 3. The highest BCUT2D eigenvalue weighted by molar-refractivity contribution is 5.86. The molecule has 3 heterocycles. The number of aromatic nitrogens is 1. The number of piperidine rings is 2. The van der Waals surface area contributed by atoms with Gasteiger partial charge in [-0.2, -0.15) is 0 Å². The Morgan fingerprint density at radius 3 is 2.45 bits per heavy atom. The van der Waals surface area contributed by atoms with Gasteiger partial charge in [-0.3, -0.25) is 14.4 Å². The van der Waals surface area contributed by atoms with Gasteiger partial charge in [0, 0.05) is 37.7 Å². The van der Waals surface area contributed by atoms with Crippen LogP contribution < -0.4 is 0 Å². The highest BCUT2D eigenvalue weighted by Gasteiger charge is 2.52. The van der Waals surface area contributed by atoms with Crippen LogP contribution in [0.3, 0.4) is 0 Å². The minimum Gasteiger partial charge on any atom is -0.483 e. The fourth-order valence-electron chi connectivity index (χ4n) is 5.18. The Morgan fingerprint density at radius 2 is 1.90 bits per heavy atom. The summed E-state index contributed by atoms with van der Waals surface area (Å²) < 4.78 is 5.22.